The van der Waals surface area contributed by atoms with Crippen molar-refractivity contribution in [3.05, 3.63) is 70.6 Å². The Morgan fingerprint density at radius 1 is 1.26 bits per heavy atom. The number of carbonyl (C=O) groups is 1. The van der Waals surface area contributed by atoms with E-state index in [1.807, 2.05) is 31.2 Å². The smallest absolute Gasteiger partial charge is 0.267 e. The second-order valence-electron chi connectivity index (χ2n) is 4.95. The number of carbonyl (C=O) groups excluding carboxylic acids is 1. The van der Waals surface area contributed by atoms with Crippen molar-refractivity contribution in [3.8, 4) is 0 Å². The molecule has 3 rings (SSSR count). The number of aryl methyl sites for hydroxylation is 1. The summed E-state index contributed by atoms with van der Waals surface area (Å²) in [4.78, 5) is 20.1. The Morgan fingerprint density at radius 2 is 2.04 bits per heavy atom. The van der Waals surface area contributed by atoms with E-state index in [0.717, 1.165) is 16.5 Å². The lowest BCUT2D eigenvalue weighted by Gasteiger charge is -2.04. The number of aromatic nitrogens is 2. The summed E-state index contributed by atoms with van der Waals surface area (Å²) in [6, 6.07) is 11.0. The normalized spacial score (nSPS) is 11.0. The predicted molar refractivity (Wildman–Crippen MR) is 90.8 cm³/mol. The fourth-order valence-electron chi connectivity index (χ4n) is 2.16. The van der Waals surface area contributed by atoms with Gasteiger partial charge in [0, 0.05) is 28.9 Å². The number of fused-ring (bicyclic) bond motifs is 1. The van der Waals surface area contributed by atoms with E-state index in [2.05, 4.69) is 20.5 Å². The molecule has 2 aromatic heterocycles. The number of nitrogens with zero attached hydrogens (tertiary/aromatic N) is 3. The molecule has 0 unspecified atom stereocenters. The average molecular weight is 325 g/mol. The van der Waals surface area contributed by atoms with Gasteiger partial charge in [0.25, 0.3) is 5.91 Å². The summed E-state index contributed by atoms with van der Waals surface area (Å²) >= 11 is 6.18. The van der Waals surface area contributed by atoms with E-state index in [1.165, 1.54) is 6.21 Å². The molecule has 114 valence electrons. The molecular formula is C17H13ClN4O. The van der Waals surface area contributed by atoms with E-state index in [1.54, 1.807) is 24.5 Å². The SMILES string of the molecule is Cc1cccc2cc(/C=N/NC(=O)c3ccncc3)c(Cl)nc12. The van der Waals surface area contributed by atoms with Gasteiger partial charge in [0.05, 0.1) is 11.7 Å². The van der Waals surface area contributed by atoms with Crippen LogP contribution in [0.2, 0.25) is 5.15 Å². The van der Waals surface area contributed by atoms with Crippen LogP contribution in [0, 0.1) is 6.92 Å². The maximum absolute atomic E-state index is 11.9. The van der Waals surface area contributed by atoms with Gasteiger partial charge in [-0.15, -0.1) is 0 Å². The number of hydrogen-bond donors (Lipinski definition) is 1. The van der Waals surface area contributed by atoms with Gasteiger partial charge in [-0.25, -0.2) is 10.4 Å². The Labute approximate surface area is 138 Å². The summed E-state index contributed by atoms with van der Waals surface area (Å²) in [6.07, 6.45) is 4.58. The lowest BCUT2D eigenvalue weighted by molar-refractivity contribution is 0.0955. The van der Waals surface area contributed by atoms with E-state index in [4.69, 9.17) is 11.6 Å². The number of para-hydroxylation sites is 1. The Morgan fingerprint density at radius 3 is 2.83 bits per heavy atom. The number of halogens is 1. The Balaban J connectivity index is 1.81. The molecule has 3 aromatic rings. The van der Waals surface area contributed by atoms with Crippen molar-refractivity contribution in [1.82, 2.24) is 15.4 Å². The summed E-state index contributed by atoms with van der Waals surface area (Å²) in [7, 11) is 0. The molecule has 0 spiro atoms. The largest absolute Gasteiger partial charge is 0.271 e. The highest BCUT2D eigenvalue weighted by atomic mass is 35.5. The monoisotopic (exact) mass is 324 g/mol. The van der Waals surface area contributed by atoms with Crippen LogP contribution >= 0.6 is 11.6 Å². The third kappa shape index (κ3) is 3.35. The lowest BCUT2D eigenvalue weighted by Crippen LogP contribution is -2.17. The van der Waals surface area contributed by atoms with Gasteiger partial charge in [0.1, 0.15) is 5.15 Å². The van der Waals surface area contributed by atoms with E-state index in [-0.39, 0.29) is 5.91 Å². The summed E-state index contributed by atoms with van der Waals surface area (Å²) in [6.45, 7) is 1.98. The molecule has 0 aliphatic carbocycles. The molecule has 0 fully saturated rings. The topological polar surface area (TPSA) is 67.2 Å². The van der Waals surface area contributed by atoms with Gasteiger partial charge in [-0.1, -0.05) is 29.8 Å². The minimum Gasteiger partial charge on any atom is -0.267 e. The van der Waals surface area contributed by atoms with Crippen molar-refractivity contribution >= 4 is 34.6 Å². The molecule has 0 aliphatic rings. The molecule has 2 heterocycles. The van der Waals surface area contributed by atoms with Gasteiger partial charge in [-0.3, -0.25) is 9.78 Å². The van der Waals surface area contributed by atoms with E-state index in [0.29, 0.717) is 16.3 Å². The first-order chi connectivity index (χ1) is 11.1. The van der Waals surface area contributed by atoms with Crippen LogP contribution in [0.25, 0.3) is 10.9 Å². The first-order valence-electron chi connectivity index (χ1n) is 6.94. The third-order valence-corrected chi connectivity index (χ3v) is 3.64. The van der Waals surface area contributed by atoms with Gasteiger partial charge >= 0.3 is 0 Å². The van der Waals surface area contributed by atoms with Crippen LogP contribution in [-0.2, 0) is 0 Å². The molecule has 5 nitrogen and oxygen atoms in total. The van der Waals surface area contributed by atoms with Crippen LogP contribution < -0.4 is 5.43 Å². The van der Waals surface area contributed by atoms with Gasteiger partial charge in [-0.2, -0.15) is 5.10 Å². The Bertz CT molecular complexity index is 894. The Kier molecular flexibility index (Phi) is 4.30. The summed E-state index contributed by atoms with van der Waals surface area (Å²) in [5.74, 6) is -0.315. The number of nitrogens with one attached hydrogen (secondary N) is 1. The molecule has 0 saturated heterocycles. The molecule has 0 atom stereocenters. The van der Waals surface area contributed by atoms with Crippen LogP contribution in [-0.4, -0.2) is 22.1 Å². The molecule has 1 N–H and O–H groups in total. The number of benzene rings is 1. The first kappa shape index (κ1) is 15.1. The molecule has 6 heteroatoms. The standard InChI is InChI=1S/C17H13ClN4O/c1-11-3-2-4-13-9-14(16(18)21-15(11)13)10-20-22-17(23)12-5-7-19-8-6-12/h2-10H,1H3,(H,22,23)/b20-10+. The van der Waals surface area contributed by atoms with Crippen molar-refractivity contribution in [2.45, 2.75) is 6.92 Å². The number of amides is 1. The van der Waals surface area contributed by atoms with Crippen molar-refractivity contribution in [3.63, 3.8) is 0 Å². The van der Waals surface area contributed by atoms with Crippen LogP contribution in [0.1, 0.15) is 21.5 Å². The molecule has 0 aliphatic heterocycles. The third-order valence-electron chi connectivity index (χ3n) is 3.34. The molecule has 0 saturated carbocycles. The molecular weight excluding hydrogens is 312 g/mol. The fraction of sp³-hybridized carbons (Fsp3) is 0.0588. The minimum atomic E-state index is -0.315. The van der Waals surface area contributed by atoms with Crippen molar-refractivity contribution in [2.24, 2.45) is 5.10 Å². The molecule has 23 heavy (non-hydrogen) atoms. The highest BCUT2D eigenvalue weighted by Gasteiger charge is 2.06. The number of hydrazone groups is 1. The van der Waals surface area contributed by atoms with E-state index >= 15 is 0 Å². The number of rotatable bonds is 3. The zero-order chi connectivity index (χ0) is 16.2. The molecule has 0 bridgehead atoms. The summed E-state index contributed by atoms with van der Waals surface area (Å²) < 4.78 is 0. The maximum atomic E-state index is 11.9. The van der Waals surface area contributed by atoms with E-state index < -0.39 is 0 Å². The van der Waals surface area contributed by atoms with Crippen LogP contribution in [0.5, 0.6) is 0 Å². The molecule has 0 radical (unpaired) electrons. The van der Waals surface area contributed by atoms with Crippen LogP contribution in [0.4, 0.5) is 0 Å². The zero-order valence-electron chi connectivity index (χ0n) is 12.3. The van der Waals surface area contributed by atoms with Crippen molar-refractivity contribution in [2.75, 3.05) is 0 Å². The van der Waals surface area contributed by atoms with Gasteiger partial charge in [0.15, 0.2) is 0 Å². The second kappa shape index (κ2) is 6.54. The average Bonchev–Trinajstić information content (AvgIpc) is 2.57. The second-order valence-corrected chi connectivity index (χ2v) is 5.31. The summed E-state index contributed by atoms with van der Waals surface area (Å²) in [5, 5.41) is 5.25. The predicted octanol–water partition coefficient (Wildman–Crippen LogP) is 3.36. The van der Waals surface area contributed by atoms with Gasteiger partial charge < -0.3 is 0 Å². The summed E-state index contributed by atoms with van der Waals surface area (Å²) in [5.41, 5.74) is 5.48. The quantitative estimate of drug-likeness (QED) is 0.456. The molecule has 1 amide bonds. The van der Waals surface area contributed by atoms with E-state index in [9.17, 15) is 4.79 Å². The van der Waals surface area contributed by atoms with Gasteiger partial charge in [0.2, 0.25) is 0 Å². The number of hydrogen-bond acceptors (Lipinski definition) is 4. The van der Waals surface area contributed by atoms with Crippen LogP contribution in [0.15, 0.2) is 53.9 Å². The Hall–Kier alpha value is -2.79. The lowest BCUT2D eigenvalue weighted by atomic mass is 10.1. The van der Waals surface area contributed by atoms with Crippen molar-refractivity contribution in [1.29, 1.82) is 0 Å². The fourth-order valence-corrected chi connectivity index (χ4v) is 2.35. The van der Waals surface area contributed by atoms with Crippen molar-refractivity contribution < 1.29 is 4.79 Å². The highest BCUT2D eigenvalue weighted by molar-refractivity contribution is 6.32. The van der Waals surface area contributed by atoms with Gasteiger partial charge in [-0.05, 0) is 30.7 Å². The number of pyridine rings is 2. The zero-order valence-corrected chi connectivity index (χ0v) is 13.1. The van der Waals surface area contributed by atoms with Crippen LogP contribution in [0.3, 0.4) is 0 Å². The minimum absolute atomic E-state index is 0.315. The highest BCUT2D eigenvalue weighted by Crippen LogP contribution is 2.21. The maximum Gasteiger partial charge on any atom is 0.271 e. The molecule has 1 aromatic carbocycles. The first-order valence-corrected chi connectivity index (χ1v) is 7.32.